The van der Waals surface area contributed by atoms with Crippen LogP contribution in [0.25, 0.3) is 0 Å². The quantitative estimate of drug-likeness (QED) is 0.788. The van der Waals surface area contributed by atoms with E-state index < -0.39 is 11.4 Å². The number of amides is 1. The first-order chi connectivity index (χ1) is 8.92. The molecule has 1 saturated carbocycles. The minimum Gasteiger partial charge on any atom is -0.481 e. The zero-order valence-corrected chi connectivity index (χ0v) is 11.6. The molecule has 1 amide bonds. The van der Waals surface area contributed by atoms with Gasteiger partial charge in [0.15, 0.2) is 0 Å². The maximum atomic E-state index is 12.4. The van der Waals surface area contributed by atoms with Gasteiger partial charge in [-0.2, -0.15) is 0 Å². The molecule has 2 aliphatic rings. The maximum Gasteiger partial charge on any atom is 0.309 e. The third-order valence-corrected chi connectivity index (χ3v) is 4.76. The Balaban J connectivity index is 1.90. The SMILES string of the molecule is CC1(C(=O)O)CCN(C(=O)C2CCCC(N)C2)CC1. The molecule has 0 spiro atoms. The normalized spacial score (nSPS) is 30.9. The van der Waals surface area contributed by atoms with E-state index in [1.165, 1.54) is 0 Å². The molecule has 1 aliphatic carbocycles. The van der Waals surface area contributed by atoms with Crippen molar-refractivity contribution in [1.29, 1.82) is 0 Å². The molecule has 5 heteroatoms. The van der Waals surface area contributed by atoms with Gasteiger partial charge < -0.3 is 15.7 Å². The van der Waals surface area contributed by atoms with Crippen molar-refractivity contribution in [2.24, 2.45) is 17.1 Å². The molecule has 1 heterocycles. The minimum atomic E-state index is -0.751. The second kappa shape index (κ2) is 5.49. The number of hydrogen-bond donors (Lipinski definition) is 2. The van der Waals surface area contributed by atoms with E-state index in [-0.39, 0.29) is 17.9 Å². The Kier molecular flexibility index (Phi) is 4.13. The average molecular weight is 268 g/mol. The first-order valence-corrected chi connectivity index (χ1v) is 7.20. The van der Waals surface area contributed by atoms with Crippen molar-refractivity contribution in [3.63, 3.8) is 0 Å². The average Bonchev–Trinajstić information content (AvgIpc) is 2.38. The number of rotatable bonds is 2. The predicted octanol–water partition coefficient (Wildman–Crippen LogP) is 1.22. The molecular weight excluding hydrogens is 244 g/mol. The number of likely N-dealkylation sites (tertiary alicyclic amines) is 1. The Bertz CT molecular complexity index is 362. The third-order valence-electron chi connectivity index (χ3n) is 4.76. The molecule has 2 atom stereocenters. The fourth-order valence-corrected chi connectivity index (χ4v) is 3.14. The highest BCUT2D eigenvalue weighted by molar-refractivity contribution is 5.80. The third kappa shape index (κ3) is 3.08. The van der Waals surface area contributed by atoms with Gasteiger partial charge in [-0.3, -0.25) is 9.59 Å². The Morgan fingerprint density at radius 2 is 1.89 bits per heavy atom. The number of carbonyl (C=O) groups excluding carboxylic acids is 1. The van der Waals surface area contributed by atoms with Gasteiger partial charge in [0.05, 0.1) is 5.41 Å². The molecule has 2 fully saturated rings. The van der Waals surface area contributed by atoms with Crippen molar-refractivity contribution >= 4 is 11.9 Å². The molecule has 0 aromatic carbocycles. The predicted molar refractivity (Wildman–Crippen MR) is 71.5 cm³/mol. The van der Waals surface area contributed by atoms with Crippen LogP contribution in [0, 0.1) is 11.3 Å². The van der Waals surface area contributed by atoms with Gasteiger partial charge in [0.25, 0.3) is 0 Å². The smallest absolute Gasteiger partial charge is 0.309 e. The summed E-state index contributed by atoms with van der Waals surface area (Å²) in [4.78, 5) is 25.4. The molecule has 19 heavy (non-hydrogen) atoms. The summed E-state index contributed by atoms with van der Waals surface area (Å²) in [5.74, 6) is -0.514. The highest BCUT2D eigenvalue weighted by Gasteiger charge is 2.39. The lowest BCUT2D eigenvalue weighted by molar-refractivity contribution is -0.154. The molecule has 108 valence electrons. The van der Waals surface area contributed by atoms with Crippen molar-refractivity contribution in [1.82, 2.24) is 4.90 Å². The van der Waals surface area contributed by atoms with E-state index in [9.17, 15) is 14.7 Å². The van der Waals surface area contributed by atoms with Crippen molar-refractivity contribution in [2.75, 3.05) is 13.1 Å². The van der Waals surface area contributed by atoms with Gasteiger partial charge >= 0.3 is 5.97 Å². The summed E-state index contributed by atoms with van der Waals surface area (Å²) in [5, 5.41) is 9.19. The van der Waals surface area contributed by atoms with E-state index in [1.807, 2.05) is 4.90 Å². The molecular formula is C14H24N2O3. The zero-order valence-electron chi connectivity index (χ0n) is 11.6. The van der Waals surface area contributed by atoms with Crippen molar-refractivity contribution < 1.29 is 14.7 Å². The van der Waals surface area contributed by atoms with Crippen LogP contribution in [0.15, 0.2) is 0 Å². The highest BCUT2D eigenvalue weighted by atomic mass is 16.4. The first-order valence-electron chi connectivity index (χ1n) is 7.20. The topological polar surface area (TPSA) is 83.6 Å². The van der Waals surface area contributed by atoms with Gasteiger partial charge in [-0.1, -0.05) is 6.42 Å². The summed E-state index contributed by atoms with van der Waals surface area (Å²) < 4.78 is 0. The lowest BCUT2D eigenvalue weighted by Gasteiger charge is -2.39. The molecule has 2 rings (SSSR count). The molecule has 5 nitrogen and oxygen atoms in total. The number of carboxylic acid groups (broad SMARTS) is 1. The van der Waals surface area contributed by atoms with Crippen LogP contribution in [0.1, 0.15) is 45.4 Å². The van der Waals surface area contributed by atoms with Crippen LogP contribution in [0.2, 0.25) is 0 Å². The van der Waals surface area contributed by atoms with Crippen LogP contribution >= 0.6 is 0 Å². The lowest BCUT2D eigenvalue weighted by atomic mass is 9.79. The fraction of sp³-hybridized carbons (Fsp3) is 0.857. The van der Waals surface area contributed by atoms with E-state index in [0.717, 1.165) is 25.7 Å². The van der Waals surface area contributed by atoms with Crippen LogP contribution in [0.3, 0.4) is 0 Å². The monoisotopic (exact) mass is 268 g/mol. The molecule has 1 aliphatic heterocycles. The van der Waals surface area contributed by atoms with Gasteiger partial charge in [-0.05, 0) is 39.0 Å². The Morgan fingerprint density at radius 3 is 2.42 bits per heavy atom. The van der Waals surface area contributed by atoms with Gasteiger partial charge in [-0.25, -0.2) is 0 Å². The standard InChI is InChI=1S/C14H24N2O3/c1-14(13(18)19)5-7-16(8-6-14)12(17)10-3-2-4-11(15)9-10/h10-11H,2-9,15H2,1H3,(H,18,19). The first kappa shape index (κ1) is 14.3. The van der Waals surface area contributed by atoms with Crippen molar-refractivity contribution in [3.8, 4) is 0 Å². The number of nitrogens with zero attached hydrogens (tertiary/aromatic N) is 1. The van der Waals surface area contributed by atoms with E-state index in [2.05, 4.69) is 0 Å². The van der Waals surface area contributed by atoms with Crippen molar-refractivity contribution in [2.45, 2.75) is 51.5 Å². The molecule has 2 unspecified atom stereocenters. The number of carbonyl (C=O) groups is 2. The number of hydrogen-bond acceptors (Lipinski definition) is 3. The number of nitrogens with two attached hydrogens (primary N) is 1. The van der Waals surface area contributed by atoms with Crippen LogP contribution in [0.4, 0.5) is 0 Å². The molecule has 0 radical (unpaired) electrons. The van der Waals surface area contributed by atoms with Gasteiger partial charge in [0.2, 0.25) is 5.91 Å². The van der Waals surface area contributed by atoms with Crippen LogP contribution < -0.4 is 5.73 Å². The second-order valence-electron chi connectivity index (χ2n) is 6.31. The number of carboxylic acids is 1. The summed E-state index contributed by atoms with van der Waals surface area (Å²) in [5.41, 5.74) is 5.26. The van der Waals surface area contributed by atoms with Gasteiger partial charge in [0.1, 0.15) is 0 Å². The van der Waals surface area contributed by atoms with E-state index >= 15 is 0 Å². The van der Waals surface area contributed by atoms with Crippen LogP contribution in [-0.4, -0.2) is 41.0 Å². The minimum absolute atomic E-state index is 0.0536. The van der Waals surface area contributed by atoms with E-state index in [1.54, 1.807) is 6.92 Å². The Morgan fingerprint density at radius 1 is 1.26 bits per heavy atom. The molecule has 1 saturated heterocycles. The molecule has 0 aromatic rings. The maximum absolute atomic E-state index is 12.4. The van der Waals surface area contributed by atoms with Crippen LogP contribution in [-0.2, 0) is 9.59 Å². The largest absolute Gasteiger partial charge is 0.481 e. The van der Waals surface area contributed by atoms with E-state index in [0.29, 0.717) is 25.9 Å². The number of aliphatic carboxylic acids is 1. The second-order valence-corrected chi connectivity index (χ2v) is 6.31. The molecule has 0 aromatic heterocycles. The summed E-state index contributed by atoms with van der Waals surface area (Å²) in [6, 6.07) is 0.150. The molecule has 0 bridgehead atoms. The van der Waals surface area contributed by atoms with Gasteiger partial charge in [-0.15, -0.1) is 0 Å². The fourth-order valence-electron chi connectivity index (χ4n) is 3.14. The highest BCUT2D eigenvalue weighted by Crippen LogP contribution is 2.33. The number of piperidine rings is 1. The summed E-state index contributed by atoms with van der Waals surface area (Å²) in [6.07, 6.45) is 4.85. The van der Waals surface area contributed by atoms with E-state index in [4.69, 9.17) is 5.73 Å². The van der Waals surface area contributed by atoms with Crippen molar-refractivity contribution in [3.05, 3.63) is 0 Å². The lowest BCUT2D eigenvalue weighted by Crippen LogP contribution is -2.48. The summed E-state index contributed by atoms with van der Waals surface area (Å²) in [7, 11) is 0. The molecule has 3 N–H and O–H groups in total. The van der Waals surface area contributed by atoms with Gasteiger partial charge in [0, 0.05) is 25.0 Å². The Labute approximate surface area is 114 Å². The summed E-state index contributed by atoms with van der Waals surface area (Å²) >= 11 is 0. The summed E-state index contributed by atoms with van der Waals surface area (Å²) in [6.45, 7) is 2.90. The zero-order chi connectivity index (χ0) is 14.0. The van der Waals surface area contributed by atoms with Crippen LogP contribution in [0.5, 0.6) is 0 Å². The Hall–Kier alpha value is -1.10.